The zero-order chi connectivity index (χ0) is 21.6. The Morgan fingerprint density at radius 3 is 2.52 bits per heavy atom. The number of benzene rings is 3. The Labute approximate surface area is 181 Å². The number of likely N-dealkylation sites (N-methyl/N-ethyl adjacent to an activating group) is 1. The number of methoxy groups -OCH3 is 1. The summed E-state index contributed by atoms with van der Waals surface area (Å²) in [5.74, 6) is 2.12. The van der Waals surface area contributed by atoms with Gasteiger partial charge in [0.15, 0.2) is 0 Å². The van der Waals surface area contributed by atoms with Crippen LogP contribution in [-0.4, -0.2) is 34.5 Å². The third kappa shape index (κ3) is 4.86. The molecule has 4 aromatic rings. The quantitative estimate of drug-likeness (QED) is 0.431. The molecule has 0 saturated heterocycles. The fourth-order valence-corrected chi connectivity index (χ4v) is 3.45. The molecule has 0 aliphatic rings. The van der Waals surface area contributed by atoms with E-state index in [4.69, 9.17) is 14.5 Å². The molecule has 0 aliphatic carbocycles. The van der Waals surface area contributed by atoms with Crippen molar-refractivity contribution in [3.05, 3.63) is 90.3 Å². The summed E-state index contributed by atoms with van der Waals surface area (Å²) in [5.41, 5.74) is 2.84. The molecule has 158 valence electrons. The third-order valence-corrected chi connectivity index (χ3v) is 5.12. The maximum Gasteiger partial charge on any atom is 0.242 e. The summed E-state index contributed by atoms with van der Waals surface area (Å²) in [5, 5.41) is 0. The van der Waals surface area contributed by atoms with Crippen molar-refractivity contribution in [1.82, 2.24) is 14.5 Å². The standard InChI is InChI=1S/C25H25N3O3/c1-27(16-19-9-4-3-5-10-19)25(29)17-28-23-14-7-6-13-22(23)26-24(28)18-31-21-12-8-11-20(15-21)30-2/h3-15H,16-18H2,1-2H3. The zero-order valence-electron chi connectivity index (χ0n) is 17.7. The summed E-state index contributed by atoms with van der Waals surface area (Å²) >= 11 is 0. The van der Waals surface area contributed by atoms with E-state index in [1.165, 1.54) is 0 Å². The number of nitrogens with zero attached hydrogens (tertiary/aromatic N) is 3. The van der Waals surface area contributed by atoms with Crippen molar-refractivity contribution in [3.63, 3.8) is 0 Å². The van der Waals surface area contributed by atoms with Gasteiger partial charge in [0.2, 0.25) is 5.91 Å². The third-order valence-electron chi connectivity index (χ3n) is 5.12. The molecule has 6 nitrogen and oxygen atoms in total. The molecule has 0 radical (unpaired) electrons. The molecule has 0 aliphatic heterocycles. The topological polar surface area (TPSA) is 56.6 Å². The van der Waals surface area contributed by atoms with Gasteiger partial charge in [0.25, 0.3) is 0 Å². The Balaban J connectivity index is 1.53. The van der Waals surface area contributed by atoms with E-state index in [2.05, 4.69) is 0 Å². The van der Waals surface area contributed by atoms with Crippen LogP contribution in [0.3, 0.4) is 0 Å². The van der Waals surface area contributed by atoms with Gasteiger partial charge >= 0.3 is 0 Å². The molecule has 3 aromatic carbocycles. The molecule has 0 spiro atoms. The van der Waals surface area contributed by atoms with Crippen LogP contribution in [0.1, 0.15) is 11.4 Å². The van der Waals surface area contributed by atoms with Crippen LogP contribution < -0.4 is 9.47 Å². The fourth-order valence-electron chi connectivity index (χ4n) is 3.45. The Morgan fingerprint density at radius 1 is 0.968 bits per heavy atom. The SMILES string of the molecule is COc1cccc(OCc2nc3ccccc3n2CC(=O)N(C)Cc2ccccc2)c1. The Hall–Kier alpha value is -3.80. The largest absolute Gasteiger partial charge is 0.497 e. The lowest BCUT2D eigenvalue weighted by molar-refractivity contribution is -0.131. The number of para-hydroxylation sites is 2. The van der Waals surface area contributed by atoms with Crippen molar-refractivity contribution in [2.45, 2.75) is 19.7 Å². The summed E-state index contributed by atoms with van der Waals surface area (Å²) in [4.78, 5) is 19.4. The second kappa shape index (κ2) is 9.34. The highest BCUT2D eigenvalue weighted by atomic mass is 16.5. The second-order valence-corrected chi connectivity index (χ2v) is 7.31. The molecule has 0 atom stereocenters. The number of rotatable bonds is 8. The minimum Gasteiger partial charge on any atom is -0.497 e. The first-order valence-electron chi connectivity index (χ1n) is 10.1. The summed E-state index contributed by atoms with van der Waals surface area (Å²) in [7, 11) is 3.44. The molecule has 1 aromatic heterocycles. The first-order valence-corrected chi connectivity index (χ1v) is 10.1. The van der Waals surface area contributed by atoms with Crippen LogP contribution in [-0.2, 0) is 24.5 Å². The highest BCUT2D eigenvalue weighted by Gasteiger charge is 2.17. The van der Waals surface area contributed by atoms with E-state index < -0.39 is 0 Å². The molecule has 4 rings (SSSR count). The van der Waals surface area contributed by atoms with E-state index in [1.807, 2.05) is 90.5 Å². The molecule has 1 amide bonds. The van der Waals surface area contributed by atoms with Crippen LogP contribution in [0, 0.1) is 0 Å². The van der Waals surface area contributed by atoms with Gasteiger partial charge in [-0.2, -0.15) is 0 Å². The monoisotopic (exact) mass is 415 g/mol. The van der Waals surface area contributed by atoms with Gasteiger partial charge in [0.1, 0.15) is 30.5 Å². The number of imidazole rings is 1. The smallest absolute Gasteiger partial charge is 0.242 e. The molecule has 0 fully saturated rings. The van der Waals surface area contributed by atoms with E-state index in [9.17, 15) is 4.79 Å². The Kier molecular flexibility index (Phi) is 6.17. The number of hydrogen-bond donors (Lipinski definition) is 0. The van der Waals surface area contributed by atoms with Gasteiger partial charge in [-0.05, 0) is 29.8 Å². The molecule has 0 bridgehead atoms. The van der Waals surface area contributed by atoms with Crippen LogP contribution >= 0.6 is 0 Å². The molecular weight excluding hydrogens is 390 g/mol. The molecule has 0 N–H and O–H groups in total. The van der Waals surface area contributed by atoms with Gasteiger partial charge in [-0.25, -0.2) is 4.98 Å². The van der Waals surface area contributed by atoms with Crippen LogP contribution in [0.25, 0.3) is 11.0 Å². The molecular formula is C25H25N3O3. The van der Waals surface area contributed by atoms with Crippen molar-refractivity contribution >= 4 is 16.9 Å². The van der Waals surface area contributed by atoms with Crippen LogP contribution in [0.4, 0.5) is 0 Å². The lowest BCUT2D eigenvalue weighted by Crippen LogP contribution is -2.30. The predicted molar refractivity (Wildman–Crippen MR) is 120 cm³/mol. The summed E-state index contributed by atoms with van der Waals surface area (Å²) in [6, 6.07) is 25.2. The first kappa shape index (κ1) is 20.5. The second-order valence-electron chi connectivity index (χ2n) is 7.31. The van der Waals surface area contributed by atoms with Crippen LogP contribution in [0.15, 0.2) is 78.9 Å². The van der Waals surface area contributed by atoms with E-state index >= 15 is 0 Å². The number of amides is 1. The number of carbonyl (C=O) groups is 1. The minimum atomic E-state index is 0.00892. The van der Waals surface area contributed by atoms with Crippen molar-refractivity contribution in [2.75, 3.05) is 14.2 Å². The lowest BCUT2D eigenvalue weighted by atomic mass is 10.2. The van der Waals surface area contributed by atoms with Crippen molar-refractivity contribution in [3.8, 4) is 11.5 Å². The van der Waals surface area contributed by atoms with Gasteiger partial charge < -0.3 is 18.9 Å². The molecule has 6 heteroatoms. The number of hydrogen-bond acceptors (Lipinski definition) is 4. The van der Waals surface area contributed by atoms with E-state index in [0.29, 0.717) is 18.1 Å². The van der Waals surface area contributed by atoms with Crippen LogP contribution in [0.5, 0.6) is 11.5 Å². The van der Waals surface area contributed by atoms with E-state index in [-0.39, 0.29) is 19.1 Å². The molecule has 1 heterocycles. The number of fused-ring (bicyclic) bond motifs is 1. The highest BCUT2D eigenvalue weighted by Crippen LogP contribution is 2.22. The van der Waals surface area contributed by atoms with Crippen molar-refractivity contribution in [2.24, 2.45) is 0 Å². The number of ether oxygens (including phenoxy) is 2. The van der Waals surface area contributed by atoms with Gasteiger partial charge in [-0.15, -0.1) is 0 Å². The minimum absolute atomic E-state index is 0.00892. The Bertz CT molecular complexity index is 1170. The number of aromatic nitrogens is 2. The maximum absolute atomic E-state index is 13.0. The van der Waals surface area contributed by atoms with E-state index in [0.717, 1.165) is 22.3 Å². The Morgan fingerprint density at radius 2 is 1.71 bits per heavy atom. The van der Waals surface area contributed by atoms with Crippen LogP contribution in [0.2, 0.25) is 0 Å². The predicted octanol–water partition coefficient (Wildman–Crippen LogP) is 4.28. The van der Waals surface area contributed by atoms with Gasteiger partial charge in [0, 0.05) is 19.7 Å². The fraction of sp³-hybridized carbons (Fsp3) is 0.200. The van der Waals surface area contributed by atoms with Gasteiger partial charge in [-0.1, -0.05) is 48.5 Å². The average molecular weight is 415 g/mol. The van der Waals surface area contributed by atoms with Crippen molar-refractivity contribution in [1.29, 1.82) is 0 Å². The molecule has 0 saturated carbocycles. The average Bonchev–Trinajstić information content (AvgIpc) is 3.15. The van der Waals surface area contributed by atoms with Gasteiger partial charge in [-0.3, -0.25) is 4.79 Å². The lowest BCUT2D eigenvalue weighted by Gasteiger charge is -2.19. The summed E-state index contributed by atoms with van der Waals surface area (Å²) in [6.07, 6.45) is 0. The van der Waals surface area contributed by atoms with Crippen molar-refractivity contribution < 1.29 is 14.3 Å². The first-order chi connectivity index (χ1) is 15.1. The maximum atomic E-state index is 13.0. The van der Waals surface area contributed by atoms with E-state index in [1.54, 1.807) is 12.0 Å². The summed E-state index contributed by atoms with van der Waals surface area (Å²) < 4.78 is 13.1. The zero-order valence-corrected chi connectivity index (χ0v) is 17.7. The normalized spacial score (nSPS) is 10.8. The summed E-state index contributed by atoms with van der Waals surface area (Å²) in [6.45, 7) is 1.00. The highest BCUT2D eigenvalue weighted by molar-refractivity contribution is 5.81. The number of carbonyl (C=O) groups excluding carboxylic acids is 1. The van der Waals surface area contributed by atoms with Gasteiger partial charge in [0.05, 0.1) is 18.1 Å². The molecule has 31 heavy (non-hydrogen) atoms. The molecule has 0 unspecified atom stereocenters.